The number of ether oxygens (including phenoxy) is 2. The Balaban J connectivity index is 0.00000188. The molecule has 0 radical (unpaired) electrons. The highest BCUT2D eigenvalue weighted by atomic mass is 16.6. The zero-order valence-corrected chi connectivity index (χ0v) is 25.4. The van der Waals surface area contributed by atoms with E-state index >= 15 is 0 Å². The summed E-state index contributed by atoms with van der Waals surface area (Å²) in [5.41, 5.74) is 6.89. The monoisotopic (exact) mass is 616 g/mol. The van der Waals surface area contributed by atoms with Crippen LogP contribution in [0.3, 0.4) is 0 Å². The number of amides is 3. The van der Waals surface area contributed by atoms with Crippen LogP contribution in [0.4, 0.5) is 10.6 Å². The third-order valence-electron chi connectivity index (χ3n) is 8.65. The lowest BCUT2D eigenvalue weighted by Gasteiger charge is -2.31. The molecule has 1 saturated carbocycles. The second-order valence-electron chi connectivity index (χ2n) is 11.7. The van der Waals surface area contributed by atoms with Crippen molar-refractivity contribution in [1.29, 1.82) is 0 Å². The van der Waals surface area contributed by atoms with E-state index in [9.17, 15) is 24.6 Å². The molecular formula is C29H44N8O7. The van der Waals surface area contributed by atoms with Gasteiger partial charge in [0.25, 0.3) is 5.91 Å². The fourth-order valence-corrected chi connectivity index (χ4v) is 5.92. The molecular weight excluding hydrogens is 572 g/mol. The molecule has 0 spiro atoms. The lowest BCUT2D eigenvalue weighted by molar-refractivity contribution is -0.137. The molecule has 0 bridgehead atoms. The molecule has 3 amide bonds. The zero-order chi connectivity index (χ0) is 31.4. The number of rotatable bonds is 9. The van der Waals surface area contributed by atoms with Crippen LogP contribution in [0.5, 0.6) is 0 Å². The Labute approximate surface area is 255 Å². The minimum absolute atomic E-state index is 0.0547. The summed E-state index contributed by atoms with van der Waals surface area (Å²) < 4.78 is 12.7. The maximum Gasteiger partial charge on any atom is 0.409 e. The molecule has 2 aromatic rings. The number of hydrogen-bond donors (Lipinski definition) is 5. The van der Waals surface area contributed by atoms with Gasteiger partial charge >= 0.3 is 6.09 Å². The predicted molar refractivity (Wildman–Crippen MR) is 158 cm³/mol. The van der Waals surface area contributed by atoms with Gasteiger partial charge in [-0.15, -0.1) is 0 Å². The number of carbonyl (C=O) groups is 3. The fraction of sp³-hybridized carbons (Fsp3) is 0.724. The Hall–Kier alpha value is -3.56. The number of nitrogens with one attached hydrogen (secondary N) is 2. The first-order chi connectivity index (χ1) is 21.3. The first-order valence-corrected chi connectivity index (χ1v) is 15.8. The van der Waals surface area contributed by atoms with Gasteiger partial charge in [0, 0.05) is 32.1 Å². The number of nitrogen functional groups attached to an aromatic ring is 1. The van der Waals surface area contributed by atoms with Crippen molar-refractivity contribution in [2.45, 2.75) is 95.8 Å². The molecule has 4 aliphatic rings. The fourth-order valence-electron chi connectivity index (χ4n) is 5.92. The zero-order valence-electron chi connectivity index (χ0n) is 25.4. The average molecular weight is 617 g/mol. The van der Waals surface area contributed by atoms with Gasteiger partial charge in [0.2, 0.25) is 5.91 Å². The molecule has 3 aliphatic heterocycles. The molecule has 15 heteroatoms. The normalized spacial score (nSPS) is 27.1. The number of aliphatic hydroxyl groups is 2. The predicted octanol–water partition coefficient (Wildman–Crippen LogP) is 0.640. The molecule has 5 heterocycles. The van der Waals surface area contributed by atoms with E-state index in [1.807, 2.05) is 13.8 Å². The maximum atomic E-state index is 12.5. The number of aliphatic hydroxyl groups excluding tert-OH is 2. The van der Waals surface area contributed by atoms with Crippen molar-refractivity contribution in [2.24, 2.45) is 11.8 Å². The minimum Gasteiger partial charge on any atom is -0.449 e. The van der Waals surface area contributed by atoms with Crippen molar-refractivity contribution in [1.82, 2.24) is 35.1 Å². The van der Waals surface area contributed by atoms with Crippen LogP contribution in [0.25, 0.3) is 11.2 Å². The quantitative estimate of drug-likeness (QED) is 0.264. The number of fused-ring (bicyclic) bond motifs is 1. The number of aromatic nitrogens is 4. The first kappa shape index (κ1) is 31.9. The molecule has 3 saturated heterocycles. The van der Waals surface area contributed by atoms with E-state index in [0.717, 1.165) is 38.5 Å². The van der Waals surface area contributed by atoms with Crippen molar-refractivity contribution >= 4 is 34.9 Å². The van der Waals surface area contributed by atoms with E-state index in [1.54, 1.807) is 4.90 Å². The Morgan fingerprint density at radius 3 is 2.57 bits per heavy atom. The Kier molecular flexibility index (Phi) is 10.2. The highest BCUT2D eigenvalue weighted by Crippen LogP contribution is 2.33. The molecule has 1 aliphatic carbocycles. The average Bonchev–Trinajstić information content (AvgIpc) is 3.45. The van der Waals surface area contributed by atoms with E-state index in [-0.39, 0.29) is 36.4 Å². The molecule has 2 aromatic heterocycles. The van der Waals surface area contributed by atoms with Gasteiger partial charge in [-0.3, -0.25) is 14.2 Å². The van der Waals surface area contributed by atoms with Crippen LogP contribution in [0.1, 0.15) is 70.8 Å². The van der Waals surface area contributed by atoms with Gasteiger partial charge in [0.15, 0.2) is 23.8 Å². The Morgan fingerprint density at radius 2 is 1.89 bits per heavy atom. The second kappa shape index (κ2) is 14.0. The van der Waals surface area contributed by atoms with Crippen LogP contribution >= 0.6 is 0 Å². The molecule has 242 valence electrons. The summed E-state index contributed by atoms with van der Waals surface area (Å²) in [4.78, 5) is 51.6. The lowest BCUT2D eigenvalue weighted by atomic mass is 9.91. The highest BCUT2D eigenvalue weighted by molar-refractivity contribution is 5.83. The summed E-state index contributed by atoms with van der Waals surface area (Å²) in [5, 5.41) is 26.8. The largest absolute Gasteiger partial charge is 0.449 e. The molecule has 44 heavy (non-hydrogen) atoms. The maximum absolute atomic E-state index is 12.5. The van der Waals surface area contributed by atoms with Gasteiger partial charge in [0.1, 0.15) is 30.2 Å². The number of anilines is 1. The third-order valence-corrected chi connectivity index (χ3v) is 8.65. The van der Waals surface area contributed by atoms with Gasteiger partial charge in [0.05, 0.1) is 12.2 Å². The van der Waals surface area contributed by atoms with Gasteiger partial charge in [-0.2, -0.15) is 0 Å². The number of nitrogens with two attached hydrogens (primary N) is 1. The van der Waals surface area contributed by atoms with E-state index < -0.39 is 30.4 Å². The lowest BCUT2D eigenvalue weighted by Crippen LogP contribution is -2.43. The van der Waals surface area contributed by atoms with Gasteiger partial charge in [-0.25, -0.2) is 19.7 Å². The number of likely N-dealkylation sites (tertiary alicyclic amines) is 1. The summed E-state index contributed by atoms with van der Waals surface area (Å²) in [6.45, 7) is 5.98. The van der Waals surface area contributed by atoms with E-state index in [2.05, 4.69) is 25.6 Å². The molecule has 0 aromatic carbocycles. The standard InChI is InChI=1S/C27H38N8O7.C2H6/c28-22-18-23(35(13-30-18)26-20(37)19(36)21(42-26)25(39)31-16-4-5-16)33-17(32-22)3-1-2-14-7-10-34(11-8-14)27(40)41-12-15-6-9-29-24(15)38;1-2/h13-16,19-21,26,36-37H,1-12H2,(H,29,38)(H,31,39)(H2,28,32,33);1-2H3/t15?,19-,20?,21+,26-;/m1./s1. The van der Waals surface area contributed by atoms with Crippen molar-refractivity contribution in [3.8, 4) is 0 Å². The summed E-state index contributed by atoms with van der Waals surface area (Å²) in [7, 11) is 0. The second-order valence-corrected chi connectivity index (χ2v) is 11.7. The van der Waals surface area contributed by atoms with Gasteiger partial charge in [-0.05, 0) is 50.9 Å². The third kappa shape index (κ3) is 7.05. The molecule has 6 N–H and O–H groups in total. The number of hydrogen-bond acceptors (Lipinski definition) is 11. The topological polar surface area (TPSA) is 207 Å². The van der Waals surface area contributed by atoms with E-state index in [4.69, 9.17) is 15.2 Å². The number of nitrogens with zero attached hydrogens (tertiary/aromatic N) is 5. The van der Waals surface area contributed by atoms with Crippen LogP contribution < -0.4 is 16.4 Å². The summed E-state index contributed by atoms with van der Waals surface area (Å²) >= 11 is 0. The van der Waals surface area contributed by atoms with Crippen LogP contribution in [0.15, 0.2) is 6.33 Å². The smallest absolute Gasteiger partial charge is 0.409 e. The number of aryl methyl sites for hydroxylation is 1. The van der Waals surface area contributed by atoms with Crippen LogP contribution in [-0.2, 0) is 25.5 Å². The summed E-state index contributed by atoms with van der Waals surface area (Å²) in [6, 6.07) is 0.0926. The minimum atomic E-state index is -1.40. The number of piperidine rings is 1. The Morgan fingerprint density at radius 1 is 1.14 bits per heavy atom. The van der Waals surface area contributed by atoms with Crippen molar-refractivity contribution in [3.05, 3.63) is 12.2 Å². The van der Waals surface area contributed by atoms with E-state index in [1.165, 1.54) is 10.9 Å². The van der Waals surface area contributed by atoms with Crippen molar-refractivity contribution < 1.29 is 34.1 Å². The Bertz CT molecular complexity index is 1330. The summed E-state index contributed by atoms with van der Waals surface area (Å²) in [6.07, 6.45) is 2.55. The summed E-state index contributed by atoms with van der Waals surface area (Å²) in [5.74, 6) is 0.413. The van der Waals surface area contributed by atoms with E-state index in [0.29, 0.717) is 55.4 Å². The van der Waals surface area contributed by atoms with Crippen LogP contribution in [0, 0.1) is 11.8 Å². The molecule has 5 atom stereocenters. The SMILES string of the molecule is CC.Nc1nc(CCCC2CCN(C(=O)OCC3CCNC3=O)CC2)nc2c1ncn2[C@@H]1O[C@H](C(=O)NC2CC2)[C@H](O)C1O. The molecule has 2 unspecified atom stereocenters. The van der Waals surface area contributed by atoms with Gasteiger partial charge < -0.3 is 41.0 Å². The molecule has 6 rings (SSSR count). The number of imidazole rings is 1. The van der Waals surface area contributed by atoms with Crippen molar-refractivity contribution in [2.75, 3.05) is 32.0 Å². The molecule has 15 nitrogen and oxygen atoms in total. The van der Waals surface area contributed by atoms with Crippen LogP contribution in [0.2, 0.25) is 0 Å². The first-order valence-electron chi connectivity index (χ1n) is 15.8. The number of carbonyl (C=O) groups excluding carboxylic acids is 3. The van der Waals surface area contributed by atoms with Crippen LogP contribution in [-0.4, -0.2) is 103 Å². The molecule has 4 fully saturated rings. The van der Waals surface area contributed by atoms with Gasteiger partial charge in [-0.1, -0.05) is 13.8 Å². The highest BCUT2D eigenvalue weighted by Gasteiger charge is 2.48. The van der Waals surface area contributed by atoms with Crippen molar-refractivity contribution in [3.63, 3.8) is 0 Å².